The van der Waals surface area contributed by atoms with Gasteiger partial charge in [-0.2, -0.15) is 5.10 Å². The summed E-state index contributed by atoms with van der Waals surface area (Å²) in [5, 5.41) is 4.16. The van der Waals surface area contributed by atoms with Gasteiger partial charge in [-0.3, -0.25) is 14.0 Å². The number of fused-ring (bicyclic) bond motifs is 1. The van der Waals surface area contributed by atoms with Gasteiger partial charge in [-0.05, 0) is 31.0 Å². The Labute approximate surface area is 160 Å². The molecule has 1 fully saturated rings. The normalized spacial score (nSPS) is 15.4. The number of terminal acetylenes is 1. The zero-order valence-corrected chi connectivity index (χ0v) is 16.0. The summed E-state index contributed by atoms with van der Waals surface area (Å²) in [6.45, 7) is 0.0368. The van der Waals surface area contributed by atoms with Crippen molar-refractivity contribution in [3.05, 3.63) is 57.0 Å². The van der Waals surface area contributed by atoms with E-state index in [1.165, 1.54) is 18.2 Å². The highest BCUT2D eigenvalue weighted by molar-refractivity contribution is 7.91. The van der Waals surface area contributed by atoms with Gasteiger partial charge in [-0.1, -0.05) is 5.92 Å². The van der Waals surface area contributed by atoms with Gasteiger partial charge in [0, 0.05) is 24.2 Å². The monoisotopic (exact) mass is 398 g/mol. The molecule has 0 saturated heterocycles. The molecule has 1 aliphatic rings. The number of aromatic amines is 1. The molecule has 9 heteroatoms. The highest BCUT2D eigenvalue weighted by atomic mass is 32.2. The molecule has 0 radical (unpaired) electrons. The number of nitrogens with zero attached hydrogens (tertiary/aromatic N) is 3. The van der Waals surface area contributed by atoms with Gasteiger partial charge in [-0.25, -0.2) is 13.2 Å². The van der Waals surface area contributed by atoms with E-state index < -0.39 is 26.5 Å². The van der Waals surface area contributed by atoms with Crippen LogP contribution in [0.3, 0.4) is 0 Å². The van der Waals surface area contributed by atoms with Gasteiger partial charge < -0.3 is 4.98 Å². The maximum atomic E-state index is 12.9. The molecule has 28 heavy (non-hydrogen) atoms. The Morgan fingerprint density at radius 2 is 2.07 bits per heavy atom. The molecule has 2 heterocycles. The summed E-state index contributed by atoms with van der Waals surface area (Å²) >= 11 is 0. The van der Waals surface area contributed by atoms with Crippen LogP contribution in [0.25, 0.3) is 10.9 Å². The molecule has 1 saturated carbocycles. The van der Waals surface area contributed by atoms with E-state index in [4.69, 9.17) is 6.42 Å². The standard InChI is InChI=1S/C19H18N4O4S/c1-3-19(6-7-19)12-28(26,27)14-4-5-16-15(8-14)17(24)23(18(25)21-16)11-13-9-20-22(2)10-13/h1,4-5,8-10H,6-7,11-12H2,2H3,(H,21,25). The summed E-state index contributed by atoms with van der Waals surface area (Å²) in [4.78, 5) is 27.9. The Morgan fingerprint density at radius 1 is 1.32 bits per heavy atom. The molecular weight excluding hydrogens is 380 g/mol. The second-order valence-electron chi connectivity index (χ2n) is 7.23. The summed E-state index contributed by atoms with van der Waals surface area (Å²) < 4.78 is 28.1. The van der Waals surface area contributed by atoms with E-state index in [1.807, 2.05) is 0 Å². The van der Waals surface area contributed by atoms with Crippen molar-refractivity contribution < 1.29 is 8.42 Å². The molecule has 1 aliphatic carbocycles. The zero-order valence-electron chi connectivity index (χ0n) is 15.2. The van der Waals surface area contributed by atoms with Crippen molar-refractivity contribution in [2.75, 3.05) is 5.75 Å². The third kappa shape index (κ3) is 3.16. The molecule has 8 nitrogen and oxygen atoms in total. The quantitative estimate of drug-likeness (QED) is 0.636. The van der Waals surface area contributed by atoms with Crippen LogP contribution in [0.5, 0.6) is 0 Å². The minimum Gasteiger partial charge on any atom is -0.307 e. The largest absolute Gasteiger partial charge is 0.329 e. The van der Waals surface area contributed by atoms with E-state index in [-0.39, 0.29) is 28.1 Å². The van der Waals surface area contributed by atoms with E-state index >= 15 is 0 Å². The smallest absolute Gasteiger partial charge is 0.307 e. The fourth-order valence-electron chi connectivity index (χ4n) is 3.23. The fraction of sp³-hybridized carbons (Fsp3) is 0.316. The number of sulfone groups is 1. The third-order valence-corrected chi connectivity index (χ3v) is 6.94. The maximum Gasteiger partial charge on any atom is 0.329 e. The topological polar surface area (TPSA) is 107 Å². The van der Waals surface area contributed by atoms with Crippen LogP contribution in [0.15, 0.2) is 45.1 Å². The van der Waals surface area contributed by atoms with E-state index in [2.05, 4.69) is 16.0 Å². The summed E-state index contributed by atoms with van der Waals surface area (Å²) in [7, 11) is -1.92. The van der Waals surface area contributed by atoms with Crippen LogP contribution >= 0.6 is 0 Å². The van der Waals surface area contributed by atoms with Gasteiger partial charge >= 0.3 is 5.69 Å². The number of benzene rings is 1. The van der Waals surface area contributed by atoms with Crippen molar-refractivity contribution in [2.24, 2.45) is 12.5 Å². The van der Waals surface area contributed by atoms with Crippen LogP contribution in [0.1, 0.15) is 18.4 Å². The van der Waals surface area contributed by atoms with E-state index in [9.17, 15) is 18.0 Å². The first-order valence-corrected chi connectivity index (χ1v) is 10.3. The van der Waals surface area contributed by atoms with Gasteiger partial charge in [-0.15, -0.1) is 6.42 Å². The van der Waals surface area contributed by atoms with Crippen LogP contribution in [-0.2, 0) is 23.4 Å². The number of hydrogen-bond donors (Lipinski definition) is 1. The number of aromatic nitrogens is 4. The summed E-state index contributed by atoms with van der Waals surface area (Å²) in [5.74, 6) is 2.43. The first-order valence-electron chi connectivity index (χ1n) is 8.68. The van der Waals surface area contributed by atoms with E-state index in [1.54, 1.807) is 24.1 Å². The molecule has 144 valence electrons. The first-order chi connectivity index (χ1) is 13.2. The van der Waals surface area contributed by atoms with Crippen LogP contribution in [0, 0.1) is 17.8 Å². The molecule has 0 aliphatic heterocycles. The van der Waals surface area contributed by atoms with Crippen molar-refractivity contribution in [1.29, 1.82) is 0 Å². The van der Waals surface area contributed by atoms with E-state index in [0.717, 1.165) is 4.57 Å². The SMILES string of the molecule is C#CC1(CS(=O)(=O)c2ccc3[nH]c(=O)n(Cc4cnn(C)c4)c(=O)c3c2)CC1. The van der Waals surface area contributed by atoms with Gasteiger partial charge in [0.1, 0.15) is 0 Å². The minimum atomic E-state index is -3.65. The third-order valence-electron chi connectivity index (χ3n) is 5.04. The average Bonchev–Trinajstić information content (AvgIpc) is 3.29. The Kier molecular flexibility index (Phi) is 4.05. The number of hydrogen-bond acceptors (Lipinski definition) is 5. The van der Waals surface area contributed by atoms with Crippen LogP contribution < -0.4 is 11.2 Å². The van der Waals surface area contributed by atoms with Crippen molar-refractivity contribution >= 4 is 20.7 Å². The van der Waals surface area contributed by atoms with Crippen molar-refractivity contribution in [3.63, 3.8) is 0 Å². The lowest BCUT2D eigenvalue weighted by molar-refractivity contribution is 0.584. The van der Waals surface area contributed by atoms with Crippen LogP contribution in [0.2, 0.25) is 0 Å². The molecule has 0 unspecified atom stereocenters. The molecule has 1 N–H and O–H groups in total. The average molecular weight is 398 g/mol. The van der Waals surface area contributed by atoms with Crippen molar-refractivity contribution in [2.45, 2.75) is 24.3 Å². The van der Waals surface area contributed by atoms with Gasteiger partial charge in [0.15, 0.2) is 9.84 Å². The van der Waals surface area contributed by atoms with Crippen LogP contribution in [0.4, 0.5) is 0 Å². The van der Waals surface area contributed by atoms with Gasteiger partial charge in [0.2, 0.25) is 0 Å². The summed E-state index contributed by atoms with van der Waals surface area (Å²) in [5.41, 5.74) is -0.754. The number of rotatable bonds is 5. The zero-order chi connectivity index (χ0) is 20.1. The number of nitrogens with one attached hydrogen (secondary N) is 1. The molecule has 1 aromatic carbocycles. The Balaban J connectivity index is 1.79. The summed E-state index contributed by atoms with van der Waals surface area (Å²) in [6, 6.07) is 4.15. The lowest BCUT2D eigenvalue weighted by Crippen LogP contribution is -2.35. The molecule has 0 bridgehead atoms. The molecular formula is C19H18N4O4S. The lowest BCUT2D eigenvalue weighted by atomic mass is 10.2. The molecule has 0 spiro atoms. The maximum absolute atomic E-state index is 12.9. The molecule has 0 atom stereocenters. The number of aryl methyl sites for hydroxylation is 1. The second-order valence-corrected chi connectivity index (χ2v) is 9.22. The molecule has 0 amide bonds. The fourth-order valence-corrected chi connectivity index (χ4v) is 5.07. The highest BCUT2D eigenvalue weighted by Gasteiger charge is 2.45. The molecule has 4 rings (SSSR count). The Hall–Kier alpha value is -3.12. The molecule has 2 aromatic heterocycles. The minimum absolute atomic E-state index is 0.0265. The van der Waals surface area contributed by atoms with Crippen LogP contribution in [-0.4, -0.2) is 33.5 Å². The highest BCUT2D eigenvalue weighted by Crippen LogP contribution is 2.46. The van der Waals surface area contributed by atoms with Crippen molar-refractivity contribution in [1.82, 2.24) is 19.3 Å². The Morgan fingerprint density at radius 3 is 2.68 bits per heavy atom. The second kappa shape index (κ2) is 6.21. The summed E-state index contributed by atoms with van der Waals surface area (Å²) in [6.07, 6.45) is 10.1. The lowest BCUT2D eigenvalue weighted by Gasteiger charge is -2.10. The van der Waals surface area contributed by atoms with Gasteiger partial charge in [0.25, 0.3) is 5.56 Å². The van der Waals surface area contributed by atoms with E-state index in [0.29, 0.717) is 18.4 Å². The predicted octanol–water partition coefficient (Wildman–Crippen LogP) is 0.659. The van der Waals surface area contributed by atoms with Crippen molar-refractivity contribution in [3.8, 4) is 12.3 Å². The number of H-pyrrole nitrogens is 1. The Bertz CT molecular complexity index is 1350. The molecule has 3 aromatic rings. The predicted molar refractivity (Wildman–Crippen MR) is 104 cm³/mol. The first kappa shape index (κ1) is 18.3. The van der Waals surface area contributed by atoms with Gasteiger partial charge in [0.05, 0.1) is 34.3 Å².